The summed E-state index contributed by atoms with van der Waals surface area (Å²) in [5, 5.41) is 12.3. The molecule has 2 aliphatic heterocycles. The molecule has 0 spiro atoms. The van der Waals surface area contributed by atoms with Crippen molar-refractivity contribution in [2.24, 2.45) is 5.16 Å². The van der Waals surface area contributed by atoms with Crippen LogP contribution < -0.4 is 10.6 Å². The number of thiazole rings is 1. The second-order valence-electron chi connectivity index (χ2n) is 14.0. The van der Waals surface area contributed by atoms with Gasteiger partial charge in [-0.25, -0.2) is 9.78 Å². The number of hydrogen-bond donors (Lipinski definition) is 2. The predicted molar refractivity (Wildman–Crippen MR) is 241 cm³/mol. The Morgan fingerprint density at radius 1 is 0.852 bits per heavy atom. The zero-order valence-electron chi connectivity index (χ0n) is 32.9. The highest BCUT2D eigenvalue weighted by Gasteiger charge is 2.55. The molecule has 2 amide bonds. The molecule has 1 fully saturated rings. The molecule has 2 N–H and O–H groups in total. The van der Waals surface area contributed by atoms with Gasteiger partial charge in [-0.2, -0.15) is 0 Å². The fourth-order valence-electron chi connectivity index (χ4n) is 7.58. The van der Waals surface area contributed by atoms with E-state index >= 15 is 0 Å². The second-order valence-corrected chi connectivity index (χ2v) is 16.3. The second kappa shape index (κ2) is 18.8. The number of nitrogens with zero attached hydrogens (tertiary/aromatic N) is 3. The zero-order valence-corrected chi connectivity index (χ0v) is 35.3. The number of rotatable bonds is 15. The number of allylic oxidation sites excluding steroid dienone is 2. The van der Waals surface area contributed by atoms with Crippen LogP contribution in [0, 0.1) is 0 Å². The van der Waals surface area contributed by atoms with Gasteiger partial charge in [-0.1, -0.05) is 169 Å². The molecule has 0 saturated carbocycles. The molecule has 61 heavy (non-hydrogen) atoms. The number of benzene rings is 5. The number of ether oxygens (including phenoxy) is 1. The number of fused-ring (bicyclic) bond motifs is 1. The Morgan fingerprint density at radius 2 is 1.38 bits per heavy atom. The van der Waals surface area contributed by atoms with Gasteiger partial charge in [-0.05, 0) is 33.4 Å². The van der Waals surface area contributed by atoms with Gasteiger partial charge in [0, 0.05) is 17.0 Å². The third-order valence-corrected chi connectivity index (χ3v) is 12.6. The molecule has 0 radical (unpaired) electrons. The third-order valence-electron chi connectivity index (χ3n) is 10.4. The lowest BCUT2D eigenvalue weighted by molar-refractivity contribution is -0.154. The molecule has 1 saturated heterocycles. The number of carbonyl (C=O) groups is 3. The molecule has 0 aliphatic carbocycles. The smallest absolute Gasteiger partial charge is 0.356 e. The number of hydrogen-bond acceptors (Lipinski definition) is 10. The van der Waals surface area contributed by atoms with Gasteiger partial charge >= 0.3 is 5.97 Å². The summed E-state index contributed by atoms with van der Waals surface area (Å²) in [6.07, 6.45) is 2.73. The number of carbonyl (C=O) groups excluding carboxylic acids is 3. The molecule has 306 valence electrons. The molecule has 8 rings (SSSR count). The molecule has 10 nitrogen and oxygen atoms in total. The summed E-state index contributed by atoms with van der Waals surface area (Å²) >= 11 is 8.74. The summed E-state index contributed by atoms with van der Waals surface area (Å²) in [4.78, 5) is 53.9. The van der Waals surface area contributed by atoms with E-state index in [1.165, 1.54) is 35.1 Å². The number of halogens is 1. The average Bonchev–Trinajstić information content (AvgIpc) is 3.79. The third kappa shape index (κ3) is 8.47. The average molecular weight is 866 g/mol. The van der Waals surface area contributed by atoms with Gasteiger partial charge in [0.2, 0.25) is 0 Å². The van der Waals surface area contributed by atoms with Gasteiger partial charge in [0.1, 0.15) is 35.5 Å². The normalized spacial score (nSPS) is 16.5. The minimum absolute atomic E-state index is 0.109. The van der Waals surface area contributed by atoms with Crippen molar-refractivity contribution in [2.45, 2.75) is 23.1 Å². The first-order valence-corrected chi connectivity index (χ1v) is 21.9. The van der Waals surface area contributed by atoms with Crippen LogP contribution in [-0.4, -0.2) is 63.5 Å². The highest BCUT2D eigenvalue weighted by Crippen LogP contribution is 2.43. The number of oxime groups is 1. The van der Waals surface area contributed by atoms with E-state index in [2.05, 4.69) is 52.2 Å². The summed E-state index contributed by atoms with van der Waals surface area (Å²) in [6, 6.07) is 48.2. The number of alkyl halides is 1. The molecule has 1 unspecified atom stereocenters. The number of anilines is 1. The monoisotopic (exact) mass is 865 g/mol. The van der Waals surface area contributed by atoms with Crippen LogP contribution in [-0.2, 0) is 29.5 Å². The number of β-lactam (4-membered cyclic amide) rings is 1. The molecule has 1 aromatic heterocycles. The summed E-state index contributed by atoms with van der Waals surface area (Å²) in [5.74, 6) is -1.22. The Bertz CT molecular complexity index is 2440. The van der Waals surface area contributed by atoms with E-state index in [0.29, 0.717) is 16.5 Å². The Labute approximate surface area is 367 Å². The summed E-state index contributed by atoms with van der Waals surface area (Å²) in [6.45, 7) is 0. The molecule has 6 aromatic rings. The minimum Gasteiger partial charge on any atom is -0.448 e. The summed E-state index contributed by atoms with van der Waals surface area (Å²) < 4.78 is 6.24. The first-order chi connectivity index (χ1) is 29.9. The number of thioether (sulfide) groups is 1. The van der Waals surface area contributed by atoms with E-state index in [1.807, 2.05) is 115 Å². The lowest BCUT2D eigenvalue weighted by Gasteiger charge is -2.49. The zero-order chi connectivity index (χ0) is 42.2. The highest BCUT2D eigenvalue weighted by atomic mass is 35.5. The number of aromatic nitrogens is 1. The Balaban J connectivity index is 1.05. The van der Waals surface area contributed by atoms with E-state index in [9.17, 15) is 14.4 Å². The molecule has 0 bridgehead atoms. The van der Waals surface area contributed by atoms with Crippen LogP contribution >= 0.6 is 34.7 Å². The highest BCUT2D eigenvalue weighted by molar-refractivity contribution is 8.00. The predicted octanol–water partition coefficient (Wildman–Crippen LogP) is 8.68. The first kappa shape index (κ1) is 41.3. The van der Waals surface area contributed by atoms with E-state index < -0.39 is 40.8 Å². The lowest BCUT2D eigenvalue weighted by atomic mass is 9.77. The van der Waals surface area contributed by atoms with Crippen LogP contribution in [0.4, 0.5) is 5.13 Å². The van der Waals surface area contributed by atoms with Crippen molar-refractivity contribution in [2.75, 3.05) is 24.1 Å². The molecule has 2 atom stereocenters. The van der Waals surface area contributed by atoms with Crippen molar-refractivity contribution < 1.29 is 24.0 Å². The largest absolute Gasteiger partial charge is 0.448 e. The van der Waals surface area contributed by atoms with Crippen LogP contribution in [0.25, 0.3) is 0 Å². The maximum absolute atomic E-state index is 14.3. The fraction of sp³-hybridized carbons (Fsp3) is 0.146. The maximum atomic E-state index is 14.3. The minimum atomic E-state index is -0.974. The molecular formula is C48H40ClN5O5S2. The lowest BCUT2D eigenvalue weighted by Crippen LogP contribution is -2.71. The SMILES string of the molecule is CON=C(C(=O)NC1C(=O)N2C(C(=O)OC(c3ccccc3)c3ccccc3)=C(/C=C\CCl)CS[C@H]12)c1csc(NC(c2ccccc2)(c2ccccc2)c2ccccc2)n1. The van der Waals surface area contributed by atoms with E-state index in [4.69, 9.17) is 26.2 Å². The molecular weight excluding hydrogens is 826 g/mol. The fourth-order valence-corrected chi connectivity index (χ4v) is 9.74. The van der Waals surface area contributed by atoms with Crippen LogP contribution in [0.2, 0.25) is 0 Å². The molecule has 13 heteroatoms. The van der Waals surface area contributed by atoms with Gasteiger partial charge in [0.05, 0.1) is 0 Å². The van der Waals surface area contributed by atoms with Crippen molar-refractivity contribution >= 4 is 63.3 Å². The van der Waals surface area contributed by atoms with Gasteiger partial charge in [0.15, 0.2) is 16.9 Å². The van der Waals surface area contributed by atoms with Crippen molar-refractivity contribution in [3.63, 3.8) is 0 Å². The topological polar surface area (TPSA) is 122 Å². The number of esters is 1. The van der Waals surface area contributed by atoms with Gasteiger partial charge < -0.3 is 20.2 Å². The molecule has 5 aromatic carbocycles. The van der Waals surface area contributed by atoms with Crippen LogP contribution in [0.15, 0.2) is 186 Å². The van der Waals surface area contributed by atoms with Crippen LogP contribution in [0.3, 0.4) is 0 Å². The van der Waals surface area contributed by atoms with Gasteiger partial charge in [-0.3, -0.25) is 14.5 Å². The van der Waals surface area contributed by atoms with Crippen molar-refractivity contribution in [3.8, 4) is 0 Å². The van der Waals surface area contributed by atoms with Crippen LogP contribution in [0.5, 0.6) is 0 Å². The van der Waals surface area contributed by atoms with E-state index in [0.717, 1.165) is 27.8 Å². The first-order valence-electron chi connectivity index (χ1n) is 19.5. The Kier molecular flexibility index (Phi) is 12.8. The molecule has 2 aliphatic rings. The van der Waals surface area contributed by atoms with Crippen molar-refractivity contribution in [1.82, 2.24) is 15.2 Å². The maximum Gasteiger partial charge on any atom is 0.356 e. The van der Waals surface area contributed by atoms with E-state index in [1.54, 1.807) is 17.5 Å². The standard InChI is InChI=1S/C48H40ClN5O5S2/c1-58-53-39(38-31-61-47(50-38)52-48(35-23-11-4-12-24-35,36-25-13-5-14-26-36)37-27-15-6-16-28-37)43(55)51-40-44(56)54-41(34(22-17-29-49)30-60-45(40)54)46(57)59-42(32-18-7-2-8-19-32)33-20-9-3-10-21-33/h2-28,31,40,42,45H,29-30H2,1H3,(H,50,52)(H,51,55)/b22-17-,53-39?/t40?,45-/m1/s1. The van der Waals surface area contributed by atoms with Crippen LogP contribution in [0.1, 0.15) is 39.6 Å². The van der Waals surface area contributed by atoms with Gasteiger partial charge in [0.25, 0.3) is 11.8 Å². The molecule has 3 heterocycles. The number of nitrogens with one attached hydrogen (secondary N) is 2. The Hall–Kier alpha value is -6.47. The van der Waals surface area contributed by atoms with E-state index in [-0.39, 0.29) is 23.0 Å². The summed E-state index contributed by atoms with van der Waals surface area (Å²) in [5.41, 5.74) is 4.49. The quantitative estimate of drug-likeness (QED) is 0.0263. The number of amides is 2. The van der Waals surface area contributed by atoms with Gasteiger partial charge in [-0.15, -0.1) is 34.7 Å². The van der Waals surface area contributed by atoms with Crippen molar-refractivity contribution in [3.05, 3.63) is 214 Å². The Morgan fingerprint density at radius 3 is 1.89 bits per heavy atom. The van der Waals surface area contributed by atoms with Crippen molar-refractivity contribution in [1.29, 1.82) is 0 Å². The summed E-state index contributed by atoms with van der Waals surface area (Å²) in [7, 11) is 1.34.